The molecule has 1 fully saturated rings. The Morgan fingerprint density at radius 3 is 2.96 bits per heavy atom. The minimum Gasteiger partial charge on any atom is -0.361 e. The van der Waals surface area contributed by atoms with Crippen LogP contribution in [0.5, 0.6) is 0 Å². The second-order valence-electron chi connectivity index (χ2n) is 7.06. The number of hydrogen-bond donors (Lipinski definition) is 0. The maximum Gasteiger partial charge on any atom is 0.227 e. The first-order chi connectivity index (χ1) is 13.1. The van der Waals surface area contributed by atoms with Crippen molar-refractivity contribution in [2.45, 2.75) is 39.5 Å². The first-order valence-electron chi connectivity index (χ1n) is 9.15. The Labute approximate surface area is 161 Å². The molecule has 0 aliphatic carbocycles. The van der Waals surface area contributed by atoms with Gasteiger partial charge in [0.15, 0.2) is 0 Å². The Morgan fingerprint density at radius 1 is 1.33 bits per heavy atom. The molecular formula is C19H22N4O3S. The Hall–Kier alpha value is -2.48. The molecule has 1 aliphatic heterocycles. The molecule has 0 N–H and O–H groups in total. The topological polar surface area (TPSA) is 85.3 Å². The number of hydrogen-bond acceptors (Lipinski definition) is 7. The smallest absolute Gasteiger partial charge is 0.227 e. The number of piperidine rings is 1. The molecule has 3 aromatic rings. The zero-order valence-electron chi connectivity index (χ0n) is 15.5. The molecule has 1 atom stereocenters. The lowest BCUT2D eigenvalue weighted by Gasteiger charge is -2.32. The SMILES string of the molecule is Cc1noc(C)c1CC(=O)N1CCC[C@H](Cc2nc(-c3ccsc3)no2)C1. The molecule has 1 saturated heterocycles. The quantitative estimate of drug-likeness (QED) is 0.668. The van der Waals surface area contributed by atoms with Crippen LogP contribution in [0.15, 0.2) is 25.9 Å². The van der Waals surface area contributed by atoms with Crippen molar-refractivity contribution in [3.8, 4) is 11.4 Å². The third kappa shape index (κ3) is 3.95. The molecule has 27 heavy (non-hydrogen) atoms. The molecule has 0 saturated carbocycles. The van der Waals surface area contributed by atoms with E-state index in [-0.39, 0.29) is 5.91 Å². The Bertz CT molecular complexity index is 896. The third-order valence-electron chi connectivity index (χ3n) is 5.09. The molecule has 0 spiro atoms. The van der Waals surface area contributed by atoms with Crippen LogP contribution in [0.3, 0.4) is 0 Å². The molecular weight excluding hydrogens is 364 g/mol. The Kier molecular flexibility index (Phi) is 5.07. The summed E-state index contributed by atoms with van der Waals surface area (Å²) < 4.78 is 10.6. The minimum absolute atomic E-state index is 0.124. The van der Waals surface area contributed by atoms with Gasteiger partial charge in [0.05, 0.1) is 12.1 Å². The highest BCUT2D eigenvalue weighted by molar-refractivity contribution is 7.08. The van der Waals surface area contributed by atoms with Crippen molar-refractivity contribution in [2.75, 3.05) is 13.1 Å². The van der Waals surface area contributed by atoms with E-state index in [1.54, 1.807) is 11.3 Å². The summed E-state index contributed by atoms with van der Waals surface area (Å²) in [5.74, 6) is 2.46. The molecule has 0 aromatic carbocycles. The van der Waals surface area contributed by atoms with Gasteiger partial charge in [-0.15, -0.1) is 0 Å². The predicted molar refractivity (Wildman–Crippen MR) is 100 cm³/mol. The van der Waals surface area contributed by atoms with Crippen LogP contribution in [0.4, 0.5) is 0 Å². The number of aromatic nitrogens is 3. The number of carbonyl (C=O) groups is 1. The predicted octanol–water partition coefficient (Wildman–Crippen LogP) is 3.43. The van der Waals surface area contributed by atoms with Crippen LogP contribution in [0.1, 0.15) is 35.7 Å². The highest BCUT2D eigenvalue weighted by Gasteiger charge is 2.26. The van der Waals surface area contributed by atoms with E-state index in [1.807, 2.05) is 35.6 Å². The van der Waals surface area contributed by atoms with Gasteiger partial charge in [0.25, 0.3) is 0 Å². The number of rotatable bonds is 5. The molecule has 4 heterocycles. The summed E-state index contributed by atoms with van der Waals surface area (Å²) in [4.78, 5) is 19.2. The lowest BCUT2D eigenvalue weighted by atomic mass is 9.94. The van der Waals surface area contributed by atoms with E-state index in [2.05, 4.69) is 15.3 Å². The summed E-state index contributed by atoms with van der Waals surface area (Å²) in [7, 11) is 0. The average Bonchev–Trinajstić information content (AvgIpc) is 3.40. The molecule has 7 nitrogen and oxygen atoms in total. The van der Waals surface area contributed by atoms with Gasteiger partial charge in [0, 0.05) is 36.0 Å². The van der Waals surface area contributed by atoms with Crippen molar-refractivity contribution in [2.24, 2.45) is 5.92 Å². The van der Waals surface area contributed by atoms with Gasteiger partial charge in [0.2, 0.25) is 17.6 Å². The molecule has 3 aromatic heterocycles. The van der Waals surface area contributed by atoms with Gasteiger partial charge in [-0.1, -0.05) is 10.3 Å². The minimum atomic E-state index is 0.124. The van der Waals surface area contributed by atoms with E-state index in [1.165, 1.54) is 0 Å². The van der Waals surface area contributed by atoms with Gasteiger partial charge in [0.1, 0.15) is 5.76 Å². The summed E-state index contributed by atoms with van der Waals surface area (Å²) in [5.41, 5.74) is 2.68. The second kappa shape index (κ2) is 7.64. The lowest BCUT2D eigenvalue weighted by Crippen LogP contribution is -2.41. The zero-order chi connectivity index (χ0) is 18.8. The number of carbonyl (C=O) groups excluding carboxylic acids is 1. The highest BCUT2D eigenvalue weighted by atomic mass is 32.1. The zero-order valence-corrected chi connectivity index (χ0v) is 16.3. The van der Waals surface area contributed by atoms with Gasteiger partial charge >= 0.3 is 0 Å². The maximum atomic E-state index is 12.7. The standard InChI is InChI=1S/C19H22N4O3S/c1-12-16(13(2)25-21-12)9-18(24)23-6-3-4-14(10-23)8-17-20-19(22-26-17)15-5-7-27-11-15/h5,7,11,14H,3-4,6,8-10H2,1-2H3/t14-/m1/s1. The fourth-order valence-corrected chi connectivity index (χ4v) is 4.20. The number of amides is 1. The largest absolute Gasteiger partial charge is 0.361 e. The molecule has 0 unspecified atom stereocenters. The molecule has 1 amide bonds. The molecule has 8 heteroatoms. The van der Waals surface area contributed by atoms with Crippen LogP contribution >= 0.6 is 11.3 Å². The van der Waals surface area contributed by atoms with Gasteiger partial charge < -0.3 is 13.9 Å². The maximum absolute atomic E-state index is 12.7. The van der Waals surface area contributed by atoms with Gasteiger partial charge in [-0.2, -0.15) is 16.3 Å². The number of aryl methyl sites for hydroxylation is 2. The summed E-state index contributed by atoms with van der Waals surface area (Å²) >= 11 is 1.61. The summed E-state index contributed by atoms with van der Waals surface area (Å²) in [6, 6.07) is 1.98. The summed E-state index contributed by atoms with van der Waals surface area (Å²) in [6.45, 7) is 5.24. The Balaban J connectivity index is 1.37. The van der Waals surface area contributed by atoms with Crippen molar-refractivity contribution in [3.63, 3.8) is 0 Å². The lowest BCUT2D eigenvalue weighted by molar-refractivity contribution is -0.132. The first kappa shape index (κ1) is 17.9. The average molecular weight is 386 g/mol. The van der Waals surface area contributed by atoms with Crippen molar-refractivity contribution in [3.05, 3.63) is 39.7 Å². The van der Waals surface area contributed by atoms with Crippen molar-refractivity contribution < 1.29 is 13.8 Å². The van der Waals surface area contributed by atoms with E-state index in [0.29, 0.717) is 30.5 Å². The fraction of sp³-hybridized carbons (Fsp3) is 0.474. The van der Waals surface area contributed by atoms with E-state index in [4.69, 9.17) is 9.05 Å². The van der Waals surface area contributed by atoms with E-state index < -0.39 is 0 Å². The molecule has 0 radical (unpaired) electrons. The number of nitrogens with zero attached hydrogens (tertiary/aromatic N) is 4. The van der Waals surface area contributed by atoms with Crippen LogP contribution in [0.2, 0.25) is 0 Å². The van der Waals surface area contributed by atoms with Crippen LogP contribution in [0.25, 0.3) is 11.4 Å². The highest BCUT2D eigenvalue weighted by Crippen LogP contribution is 2.24. The van der Waals surface area contributed by atoms with Gasteiger partial charge in [-0.05, 0) is 44.1 Å². The summed E-state index contributed by atoms with van der Waals surface area (Å²) in [6.07, 6.45) is 3.10. The normalized spacial score (nSPS) is 17.4. The van der Waals surface area contributed by atoms with Gasteiger partial charge in [-0.25, -0.2) is 0 Å². The Morgan fingerprint density at radius 2 is 2.22 bits per heavy atom. The molecule has 0 bridgehead atoms. The van der Waals surface area contributed by atoms with E-state index in [0.717, 1.165) is 48.5 Å². The van der Waals surface area contributed by atoms with E-state index in [9.17, 15) is 4.79 Å². The number of likely N-dealkylation sites (tertiary alicyclic amines) is 1. The third-order valence-corrected chi connectivity index (χ3v) is 5.77. The fourth-order valence-electron chi connectivity index (χ4n) is 3.57. The van der Waals surface area contributed by atoms with Crippen LogP contribution in [0, 0.1) is 19.8 Å². The first-order valence-corrected chi connectivity index (χ1v) is 10.1. The van der Waals surface area contributed by atoms with Crippen molar-refractivity contribution >= 4 is 17.2 Å². The van der Waals surface area contributed by atoms with Gasteiger partial charge in [-0.3, -0.25) is 4.79 Å². The van der Waals surface area contributed by atoms with Crippen LogP contribution in [-0.2, 0) is 17.6 Å². The molecule has 4 rings (SSSR count). The second-order valence-corrected chi connectivity index (χ2v) is 7.84. The molecule has 142 valence electrons. The van der Waals surface area contributed by atoms with Crippen LogP contribution in [-0.4, -0.2) is 39.2 Å². The van der Waals surface area contributed by atoms with Crippen LogP contribution < -0.4 is 0 Å². The van der Waals surface area contributed by atoms with Crippen molar-refractivity contribution in [1.29, 1.82) is 0 Å². The number of thiophene rings is 1. The molecule has 1 aliphatic rings. The summed E-state index contributed by atoms with van der Waals surface area (Å²) in [5, 5.41) is 12.0. The monoisotopic (exact) mass is 386 g/mol. The van der Waals surface area contributed by atoms with E-state index >= 15 is 0 Å². The van der Waals surface area contributed by atoms with Crippen molar-refractivity contribution in [1.82, 2.24) is 20.2 Å².